The maximum Gasteiger partial charge on any atom is 0.254 e. The van der Waals surface area contributed by atoms with Crippen molar-refractivity contribution >= 4 is 16.6 Å². The van der Waals surface area contributed by atoms with Gasteiger partial charge >= 0.3 is 0 Å². The van der Waals surface area contributed by atoms with Crippen LogP contribution in [0.2, 0.25) is 0 Å². The molecule has 6 rings (SSSR count). The van der Waals surface area contributed by atoms with E-state index in [9.17, 15) is 4.79 Å². The predicted octanol–water partition coefficient (Wildman–Crippen LogP) is 3.15. The van der Waals surface area contributed by atoms with Crippen LogP contribution in [0.3, 0.4) is 0 Å². The highest BCUT2D eigenvalue weighted by molar-refractivity contribution is 5.82. The number of anilines is 1. The molecule has 2 aliphatic rings. The third-order valence-electron chi connectivity index (χ3n) is 6.85. The van der Waals surface area contributed by atoms with Crippen molar-refractivity contribution in [2.45, 2.75) is 44.9 Å². The van der Waals surface area contributed by atoms with E-state index in [1.807, 2.05) is 41.9 Å². The Balaban J connectivity index is 1.52. The minimum Gasteiger partial charge on any atom is -0.376 e. The van der Waals surface area contributed by atoms with Gasteiger partial charge in [0.2, 0.25) is 0 Å². The van der Waals surface area contributed by atoms with Crippen LogP contribution < -0.4 is 10.5 Å². The lowest BCUT2D eigenvalue weighted by atomic mass is 10.0. The summed E-state index contributed by atoms with van der Waals surface area (Å²) in [4.78, 5) is 18.8. The van der Waals surface area contributed by atoms with Crippen molar-refractivity contribution in [1.29, 1.82) is 0 Å². The molecule has 0 radical (unpaired) electrons. The fraction of sp³-hybridized carbons (Fsp3) is 0.360. The normalized spacial score (nSPS) is 18.7. The molecule has 0 aliphatic carbocycles. The zero-order chi connectivity index (χ0) is 22.4. The van der Waals surface area contributed by atoms with Crippen molar-refractivity contribution in [3.8, 4) is 0 Å². The van der Waals surface area contributed by atoms with E-state index in [0.717, 1.165) is 54.6 Å². The molecule has 8 nitrogen and oxygen atoms in total. The summed E-state index contributed by atoms with van der Waals surface area (Å²) in [6.07, 6.45) is 3.06. The van der Waals surface area contributed by atoms with E-state index < -0.39 is 6.04 Å². The number of para-hydroxylation sites is 2. The lowest BCUT2D eigenvalue weighted by molar-refractivity contribution is 0.0924. The van der Waals surface area contributed by atoms with Gasteiger partial charge in [-0.15, -0.1) is 5.10 Å². The Bertz CT molecular complexity index is 1370. The Morgan fingerprint density at radius 3 is 3.00 bits per heavy atom. The summed E-state index contributed by atoms with van der Waals surface area (Å²) in [5.74, 6) is 0.666. The minimum absolute atomic E-state index is 0.0938. The Kier molecular flexibility index (Phi) is 4.95. The first-order chi connectivity index (χ1) is 16.2. The van der Waals surface area contributed by atoms with Gasteiger partial charge in [-0.2, -0.15) is 0 Å². The Labute approximate surface area is 191 Å². The van der Waals surface area contributed by atoms with Crippen molar-refractivity contribution in [3.05, 3.63) is 81.4 Å². The van der Waals surface area contributed by atoms with Crippen LogP contribution in [0.15, 0.2) is 53.3 Å². The maximum absolute atomic E-state index is 13.5. The number of nitrogens with zero attached hydrogens (tertiary/aromatic N) is 5. The number of rotatable bonds is 5. The van der Waals surface area contributed by atoms with Crippen molar-refractivity contribution in [1.82, 2.24) is 25.2 Å². The van der Waals surface area contributed by atoms with Gasteiger partial charge < -0.3 is 14.6 Å². The molecule has 33 heavy (non-hydrogen) atoms. The maximum atomic E-state index is 13.5. The molecule has 0 saturated carbocycles. The van der Waals surface area contributed by atoms with Crippen molar-refractivity contribution in [2.24, 2.45) is 0 Å². The van der Waals surface area contributed by atoms with Crippen LogP contribution in [0, 0.1) is 6.92 Å². The molecule has 1 fully saturated rings. The summed E-state index contributed by atoms with van der Waals surface area (Å²) in [5.41, 5.74) is 4.84. The predicted molar refractivity (Wildman–Crippen MR) is 125 cm³/mol. The molecule has 168 valence electrons. The van der Waals surface area contributed by atoms with Gasteiger partial charge in [0.25, 0.3) is 5.56 Å². The third kappa shape index (κ3) is 3.51. The zero-order valence-corrected chi connectivity index (χ0v) is 18.6. The van der Waals surface area contributed by atoms with Crippen LogP contribution in [0.5, 0.6) is 0 Å². The highest BCUT2D eigenvalue weighted by Crippen LogP contribution is 2.37. The molecule has 0 unspecified atom stereocenters. The summed E-state index contributed by atoms with van der Waals surface area (Å²) in [6.45, 7) is 4.16. The lowest BCUT2D eigenvalue weighted by Crippen LogP contribution is -2.35. The van der Waals surface area contributed by atoms with E-state index in [2.05, 4.69) is 43.6 Å². The topological polar surface area (TPSA) is 88.9 Å². The van der Waals surface area contributed by atoms with Crippen LogP contribution in [0.1, 0.15) is 41.4 Å². The van der Waals surface area contributed by atoms with Gasteiger partial charge in [-0.25, -0.2) is 4.68 Å². The van der Waals surface area contributed by atoms with Gasteiger partial charge in [-0.1, -0.05) is 36.4 Å². The highest BCUT2D eigenvalue weighted by atomic mass is 16.5. The second-order valence-electron chi connectivity index (χ2n) is 8.92. The number of H-pyrrole nitrogens is 1. The van der Waals surface area contributed by atoms with Crippen LogP contribution in [0.25, 0.3) is 10.9 Å². The number of aromatic nitrogens is 5. The number of pyridine rings is 1. The quantitative estimate of drug-likeness (QED) is 0.511. The molecular formula is C25H26N6O2. The molecule has 0 bridgehead atoms. The molecule has 0 amide bonds. The van der Waals surface area contributed by atoms with Crippen molar-refractivity contribution < 1.29 is 4.74 Å². The third-order valence-corrected chi connectivity index (χ3v) is 6.85. The van der Waals surface area contributed by atoms with E-state index in [1.165, 1.54) is 5.56 Å². The first-order valence-corrected chi connectivity index (χ1v) is 11.5. The second kappa shape index (κ2) is 8.12. The Morgan fingerprint density at radius 1 is 1.21 bits per heavy atom. The fourth-order valence-electron chi connectivity index (χ4n) is 5.20. The molecule has 0 spiro atoms. The van der Waals surface area contributed by atoms with E-state index >= 15 is 0 Å². The van der Waals surface area contributed by atoms with Crippen LogP contribution >= 0.6 is 0 Å². The van der Waals surface area contributed by atoms with Crippen molar-refractivity contribution in [2.75, 3.05) is 18.1 Å². The summed E-state index contributed by atoms with van der Waals surface area (Å²) in [6, 6.07) is 16.0. The minimum atomic E-state index is -0.404. The SMILES string of the molecule is Cc1cccc2cc([C@H](c3nnnn3C[C@@H]3CCCO3)N3CCc4ccccc43)c(=O)[nH]c12. The van der Waals surface area contributed by atoms with E-state index in [1.54, 1.807) is 0 Å². The number of benzene rings is 2. The number of fused-ring (bicyclic) bond motifs is 2. The van der Waals surface area contributed by atoms with Crippen molar-refractivity contribution in [3.63, 3.8) is 0 Å². The number of hydrogen-bond acceptors (Lipinski definition) is 6. The van der Waals surface area contributed by atoms with E-state index in [-0.39, 0.29) is 11.7 Å². The summed E-state index contributed by atoms with van der Waals surface area (Å²) in [5, 5.41) is 13.8. The molecule has 2 atom stereocenters. The number of nitrogens with one attached hydrogen (secondary N) is 1. The Hall–Kier alpha value is -3.52. The molecular weight excluding hydrogens is 416 g/mol. The van der Waals surface area contributed by atoms with Crippen LogP contribution in [0.4, 0.5) is 5.69 Å². The highest BCUT2D eigenvalue weighted by Gasteiger charge is 2.35. The van der Waals surface area contributed by atoms with Crippen LogP contribution in [-0.4, -0.2) is 44.4 Å². The first-order valence-electron chi connectivity index (χ1n) is 11.5. The monoisotopic (exact) mass is 442 g/mol. The largest absolute Gasteiger partial charge is 0.376 e. The summed E-state index contributed by atoms with van der Waals surface area (Å²) >= 11 is 0. The fourth-order valence-corrected chi connectivity index (χ4v) is 5.20. The van der Waals surface area contributed by atoms with E-state index in [0.29, 0.717) is 17.9 Å². The first kappa shape index (κ1) is 20.1. The molecule has 2 aromatic carbocycles. The van der Waals surface area contributed by atoms with Gasteiger partial charge in [0.05, 0.1) is 18.2 Å². The zero-order valence-electron chi connectivity index (χ0n) is 18.6. The molecule has 1 saturated heterocycles. The molecule has 2 aliphatic heterocycles. The van der Waals surface area contributed by atoms with Crippen LogP contribution in [-0.2, 0) is 17.7 Å². The van der Waals surface area contributed by atoms with Gasteiger partial charge in [0.1, 0.15) is 6.04 Å². The number of aromatic amines is 1. The molecule has 1 N–H and O–H groups in total. The summed E-state index contributed by atoms with van der Waals surface area (Å²) in [7, 11) is 0. The number of hydrogen-bond donors (Lipinski definition) is 1. The average Bonchev–Trinajstić information content (AvgIpc) is 3.58. The number of ether oxygens (including phenoxy) is 1. The smallest absolute Gasteiger partial charge is 0.254 e. The van der Waals surface area contributed by atoms with Gasteiger partial charge in [-0.05, 0) is 65.3 Å². The van der Waals surface area contributed by atoms with Gasteiger partial charge in [-0.3, -0.25) is 4.79 Å². The number of tetrazole rings is 1. The molecule has 4 heterocycles. The Morgan fingerprint density at radius 2 is 2.12 bits per heavy atom. The van der Waals surface area contributed by atoms with Gasteiger partial charge in [0, 0.05) is 24.4 Å². The lowest BCUT2D eigenvalue weighted by Gasteiger charge is -2.29. The summed E-state index contributed by atoms with van der Waals surface area (Å²) < 4.78 is 7.67. The molecule has 8 heteroatoms. The van der Waals surface area contributed by atoms with E-state index in [4.69, 9.17) is 4.74 Å². The standard InChI is InChI=1S/C25H26N6O2/c1-16-6-4-8-18-14-20(25(32)26-22(16)18)23(30-12-11-17-7-2-3-10-21(17)30)24-27-28-29-31(24)15-19-9-5-13-33-19/h2-4,6-8,10,14,19,23H,5,9,11-13,15H2,1H3,(H,26,32)/t19-,23+/m0/s1. The van der Waals surface area contributed by atoms with Gasteiger partial charge in [0.15, 0.2) is 5.82 Å². The molecule has 2 aromatic heterocycles. The molecule has 4 aromatic rings. The number of aryl methyl sites for hydroxylation is 1. The second-order valence-corrected chi connectivity index (χ2v) is 8.92. The average molecular weight is 443 g/mol.